The van der Waals surface area contributed by atoms with Crippen LogP contribution in [0.1, 0.15) is 24.5 Å². The third-order valence-corrected chi connectivity index (χ3v) is 4.25. The predicted octanol–water partition coefficient (Wildman–Crippen LogP) is -1.06. The molecule has 1 amide bonds. The summed E-state index contributed by atoms with van der Waals surface area (Å²) in [4.78, 5) is 64.8. The van der Waals surface area contributed by atoms with Crippen LogP contribution in [0.4, 0.5) is 0 Å². The van der Waals surface area contributed by atoms with Crippen LogP contribution in [-0.4, -0.2) is 43.0 Å². The van der Waals surface area contributed by atoms with Crippen molar-refractivity contribution in [3.63, 3.8) is 0 Å². The summed E-state index contributed by atoms with van der Waals surface area (Å²) in [6, 6.07) is 0. The summed E-state index contributed by atoms with van der Waals surface area (Å²) in [7, 11) is 0. The topological polar surface area (TPSA) is 130 Å². The van der Waals surface area contributed by atoms with E-state index in [2.05, 4.69) is 9.97 Å². The van der Waals surface area contributed by atoms with Crippen LogP contribution in [-0.2, 0) is 17.9 Å². The zero-order chi connectivity index (χ0) is 20.1. The van der Waals surface area contributed by atoms with E-state index in [1.165, 1.54) is 21.5 Å². The van der Waals surface area contributed by atoms with Crippen LogP contribution < -0.4 is 22.5 Å². The van der Waals surface area contributed by atoms with Crippen LogP contribution in [0.15, 0.2) is 31.6 Å². The first kappa shape index (κ1) is 20.1. The average molecular weight is 377 g/mol. The highest BCUT2D eigenvalue weighted by molar-refractivity contribution is 5.75. The molecule has 0 saturated heterocycles. The second-order valence-electron chi connectivity index (χ2n) is 6.26. The van der Waals surface area contributed by atoms with Crippen molar-refractivity contribution in [2.75, 3.05) is 13.1 Å². The van der Waals surface area contributed by atoms with Gasteiger partial charge in [-0.05, 0) is 13.8 Å². The lowest BCUT2D eigenvalue weighted by Gasteiger charge is -2.23. The van der Waals surface area contributed by atoms with Crippen molar-refractivity contribution >= 4 is 5.91 Å². The number of hydrogen-bond acceptors (Lipinski definition) is 5. The lowest BCUT2D eigenvalue weighted by atomic mass is 10.3. The maximum atomic E-state index is 12.2. The number of nitrogens with one attached hydrogen (secondary N) is 2. The Hall–Kier alpha value is -3.17. The number of carbonyl (C=O) groups is 1. The molecule has 27 heavy (non-hydrogen) atoms. The lowest BCUT2D eigenvalue weighted by Crippen LogP contribution is -2.40. The fraction of sp³-hybridized carbons (Fsp3) is 0.471. The standard InChI is InChI=1S/C17H23N5O5/c1-4-13(23)20(5-7-21-9-11(2)14(24)18-16(21)26)6-8-22-10-12(3)15(25)19-17(22)27/h9-10H,4-8H2,1-3H3,(H,18,24,26)(H,19,25,27). The minimum absolute atomic E-state index is 0.126. The summed E-state index contributed by atoms with van der Waals surface area (Å²) in [5, 5.41) is 0. The fourth-order valence-electron chi connectivity index (χ4n) is 2.61. The molecule has 0 aliphatic heterocycles. The lowest BCUT2D eigenvalue weighted by molar-refractivity contribution is -0.131. The molecule has 0 aromatic carbocycles. The first-order valence-corrected chi connectivity index (χ1v) is 8.61. The molecular formula is C17H23N5O5. The Morgan fingerprint density at radius 2 is 1.30 bits per heavy atom. The Bertz CT molecular complexity index is 981. The van der Waals surface area contributed by atoms with Gasteiger partial charge in [-0.3, -0.25) is 33.5 Å². The van der Waals surface area contributed by atoms with Gasteiger partial charge in [0.05, 0.1) is 0 Å². The van der Waals surface area contributed by atoms with Gasteiger partial charge >= 0.3 is 11.4 Å². The molecule has 10 heteroatoms. The zero-order valence-electron chi connectivity index (χ0n) is 15.6. The molecular weight excluding hydrogens is 354 g/mol. The summed E-state index contributed by atoms with van der Waals surface area (Å²) < 4.78 is 2.67. The van der Waals surface area contributed by atoms with E-state index in [4.69, 9.17) is 0 Å². The number of aryl methyl sites for hydroxylation is 2. The van der Waals surface area contributed by atoms with E-state index >= 15 is 0 Å². The molecule has 0 saturated carbocycles. The minimum atomic E-state index is -0.540. The van der Waals surface area contributed by atoms with Gasteiger partial charge in [0, 0.05) is 56.1 Å². The van der Waals surface area contributed by atoms with Gasteiger partial charge in [0.25, 0.3) is 11.1 Å². The molecule has 0 radical (unpaired) electrons. The number of nitrogens with zero attached hydrogens (tertiary/aromatic N) is 3. The molecule has 2 aromatic rings. The van der Waals surface area contributed by atoms with Crippen LogP contribution >= 0.6 is 0 Å². The van der Waals surface area contributed by atoms with Gasteiger partial charge in [0.2, 0.25) is 5.91 Å². The minimum Gasteiger partial charge on any atom is -0.339 e. The zero-order valence-corrected chi connectivity index (χ0v) is 15.6. The van der Waals surface area contributed by atoms with E-state index < -0.39 is 22.5 Å². The number of rotatable bonds is 7. The summed E-state index contributed by atoms with van der Waals surface area (Å²) in [5.74, 6) is -0.126. The molecule has 10 nitrogen and oxygen atoms in total. The number of aromatic nitrogens is 4. The second kappa shape index (κ2) is 8.47. The molecule has 146 valence electrons. The number of aromatic amines is 2. The normalized spacial score (nSPS) is 10.8. The second-order valence-corrected chi connectivity index (χ2v) is 6.26. The van der Waals surface area contributed by atoms with E-state index in [1.807, 2.05) is 0 Å². The summed E-state index contributed by atoms with van der Waals surface area (Å²) >= 11 is 0. The summed E-state index contributed by atoms with van der Waals surface area (Å²) in [6.45, 7) is 5.82. The highest BCUT2D eigenvalue weighted by Gasteiger charge is 2.13. The van der Waals surface area contributed by atoms with Crippen molar-refractivity contribution in [3.05, 3.63) is 65.2 Å². The van der Waals surface area contributed by atoms with Crippen LogP contribution in [0.5, 0.6) is 0 Å². The van der Waals surface area contributed by atoms with Crippen molar-refractivity contribution < 1.29 is 4.79 Å². The maximum Gasteiger partial charge on any atom is 0.328 e. The van der Waals surface area contributed by atoms with Crippen molar-refractivity contribution in [1.29, 1.82) is 0 Å². The van der Waals surface area contributed by atoms with E-state index in [-0.39, 0.29) is 38.5 Å². The molecule has 2 N–H and O–H groups in total. The van der Waals surface area contributed by atoms with Crippen LogP contribution in [0.3, 0.4) is 0 Å². The van der Waals surface area contributed by atoms with Gasteiger partial charge in [-0.1, -0.05) is 6.92 Å². The van der Waals surface area contributed by atoms with E-state index in [9.17, 15) is 24.0 Å². The summed E-state index contributed by atoms with van der Waals surface area (Å²) in [6.07, 6.45) is 3.18. The van der Waals surface area contributed by atoms with Gasteiger partial charge in [-0.2, -0.15) is 0 Å². The van der Waals surface area contributed by atoms with Gasteiger partial charge in [0.15, 0.2) is 0 Å². The first-order chi connectivity index (χ1) is 12.7. The first-order valence-electron chi connectivity index (χ1n) is 8.61. The Morgan fingerprint density at radius 1 is 0.889 bits per heavy atom. The van der Waals surface area contributed by atoms with Gasteiger partial charge in [-0.25, -0.2) is 9.59 Å². The Morgan fingerprint density at radius 3 is 1.67 bits per heavy atom. The Labute approximate surface area is 154 Å². The Kier molecular flexibility index (Phi) is 6.32. The third-order valence-electron chi connectivity index (χ3n) is 4.25. The molecule has 0 aliphatic carbocycles. The van der Waals surface area contributed by atoms with Gasteiger partial charge in [-0.15, -0.1) is 0 Å². The highest BCUT2D eigenvalue weighted by atomic mass is 16.2. The van der Waals surface area contributed by atoms with Crippen LogP contribution in [0, 0.1) is 13.8 Å². The average Bonchev–Trinajstić information content (AvgIpc) is 2.62. The van der Waals surface area contributed by atoms with Crippen molar-refractivity contribution in [2.45, 2.75) is 40.3 Å². The Balaban J connectivity index is 2.14. The monoisotopic (exact) mass is 377 g/mol. The molecule has 0 fully saturated rings. The number of H-pyrrole nitrogens is 2. The quantitative estimate of drug-likeness (QED) is 0.635. The molecule has 0 bridgehead atoms. The molecule has 0 aliphatic rings. The molecule has 0 atom stereocenters. The number of amides is 1. The van der Waals surface area contributed by atoms with Crippen LogP contribution in [0.2, 0.25) is 0 Å². The smallest absolute Gasteiger partial charge is 0.328 e. The molecule has 2 aromatic heterocycles. The van der Waals surface area contributed by atoms with Gasteiger partial charge < -0.3 is 4.90 Å². The van der Waals surface area contributed by atoms with E-state index in [0.717, 1.165) is 0 Å². The van der Waals surface area contributed by atoms with E-state index in [1.54, 1.807) is 25.7 Å². The van der Waals surface area contributed by atoms with Crippen molar-refractivity contribution in [2.24, 2.45) is 0 Å². The number of hydrogen-bond donors (Lipinski definition) is 2. The van der Waals surface area contributed by atoms with Gasteiger partial charge in [0.1, 0.15) is 0 Å². The molecule has 2 rings (SSSR count). The molecule has 2 heterocycles. The van der Waals surface area contributed by atoms with Crippen molar-refractivity contribution in [3.8, 4) is 0 Å². The number of carbonyl (C=O) groups excluding carboxylic acids is 1. The molecule has 0 spiro atoms. The highest BCUT2D eigenvalue weighted by Crippen LogP contribution is 1.98. The third kappa shape index (κ3) is 4.93. The van der Waals surface area contributed by atoms with E-state index in [0.29, 0.717) is 11.1 Å². The summed E-state index contributed by atoms with van der Waals surface area (Å²) in [5.41, 5.74) is -1.16. The maximum absolute atomic E-state index is 12.2. The fourth-order valence-corrected chi connectivity index (χ4v) is 2.61. The van der Waals surface area contributed by atoms with Crippen LogP contribution in [0.25, 0.3) is 0 Å². The predicted molar refractivity (Wildman–Crippen MR) is 99.0 cm³/mol. The largest absolute Gasteiger partial charge is 0.339 e. The SMILES string of the molecule is CCC(=O)N(CCn1cc(C)c(=O)[nH]c1=O)CCn1cc(C)c(=O)[nH]c1=O. The van der Waals surface area contributed by atoms with Crippen molar-refractivity contribution in [1.82, 2.24) is 24.0 Å². The molecule has 0 unspecified atom stereocenters.